The first-order valence-corrected chi connectivity index (χ1v) is 7.03. The van der Waals surface area contributed by atoms with Crippen molar-refractivity contribution in [3.8, 4) is 5.75 Å². The summed E-state index contributed by atoms with van der Waals surface area (Å²) in [6, 6.07) is 12.4. The Bertz CT molecular complexity index is 644. The molecule has 0 aromatic heterocycles. The largest absolute Gasteiger partial charge is 0.492 e. The van der Waals surface area contributed by atoms with Crippen molar-refractivity contribution in [3.05, 3.63) is 53.1 Å². The number of hydrogen-bond donors (Lipinski definition) is 2. The van der Waals surface area contributed by atoms with E-state index in [9.17, 15) is 4.79 Å². The molecule has 0 spiro atoms. The maximum absolute atomic E-state index is 12.1. The maximum Gasteiger partial charge on any atom is 0.228 e. The molecule has 0 atom stereocenters. The Hall–Kier alpha value is -2.20. The van der Waals surface area contributed by atoms with E-state index in [4.69, 9.17) is 22.1 Å². The summed E-state index contributed by atoms with van der Waals surface area (Å²) in [6.07, 6.45) is 0.239. The topological polar surface area (TPSA) is 64.3 Å². The van der Waals surface area contributed by atoms with Crippen molar-refractivity contribution >= 4 is 28.9 Å². The fourth-order valence-electron chi connectivity index (χ4n) is 1.96. The number of nitrogen functional groups attached to an aromatic ring is 1. The van der Waals surface area contributed by atoms with Crippen LogP contribution in [0.5, 0.6) is 5.75 Å². The first kappa shape index (κ1) is 15.2. The number of ether oxygens (including phenoxy) is 1. The van der Waals surface area contributed by atoms with Gasteiger partial charge in [0.1, 0.15) is 5.75 Å². The Balaban J connectivity index is 2.10. The van der Waals surface area contributed by atoms with Crippen molar-refractivity contribution in [2.45, 2.75) is 13.3 Å². The molecule has 0 saturated heterocycles. The third kappa shape index (κ3) is 4.39. The van der Waals surface area contributed by atoms with Crippen LogP contribution < -0.4 is 15.8 Å². The number of nitrogens with two attached hydrogens (primary N) is 1. The number of nitrogens with one attached hydrogen (secondary N) is 1. The number of benzene rings is 2. The van der Waals surface area contributed by atoms with Gasteiger partial charge in [0.25, 0.3) is 0 Å². The van der Waals surface area contributed by atoms with Gasteiger partial charge < -0.3 is 15.8 Å². The minimum absolute atomic E-state index is 0.149. The Labute approximate surface area is 128 Å². The molecule has 0 aliphatic carbocycles. The zero-order valence-corrected chi connectivity index (χ0v) is 12.5. The van der Waals surface area contributed by atoms with Gasteiger partial charge in [-0.25, -0.2) is 0 Å². The standard InChI is InChI=1S/C16H17ClN2O2/c1-2-21-15-7-6-12(17)10-14(15)19-16(20)9-11-4-3-5-13(18)8-11/h3-8,10H,2,9,18H2,1H3,(H,19,20). The summed E-state index contributed by atoms with van der Waals surface area (Å²) in [4.78, 5) is 12.1. The molecule has 2 aromatic carbocycles. The smallest absolute Gasteiger partial charge is 0.228 e. The van der Waals surface area contributed by atoms with Gasteiger partial charge in [0, 0.05) is 10.7 Å². The van der Waals surface area contributed by atoms with Gasteiger partial charge in [-0.3, -0.25) is 4.79 Å². The fourth-order valence-corrected chi connectivity index (χ4v) is 2.14. The molecule has 4 nitrogen and oxygen atoms in total. The molecule has 0 saturated carbocycles. The van der Waals surface area contributed by atoms with Gasteiger partial charge >= 0.3 is 0 Å². The van der Waals surface area contributed by atoms with E-state index in [-0.39, 0.29) is 12.3 Å². The second-order valence-corrected chi connectivity index (χ2v) is 4.98. The normalized spacial score (nSPS) is 10.2. The first-order chi connectivity index (χ1) is 10.1. The minimum atomic E-state index is -0.149. The van der Waals surface area contributed by atoms with Crippen molar-refractivity contribution in [3.63, 3.8) is 0 Å². The van der Waals surface area contributed by atoms with E-state index in [0.717, 1.165) is 5.56 Å². The highest BCUT2D eigenvalue weighted by atomic mass is 35.5. The van der Waals surface area contributed by atoms with Crippen LogP contribution in [0.1, 0.15) is 12.5 Å². The molecule has 0 unspecified atom stereocenters. The van der Waals surface area contributed by atoms with Gasteiger partial charge in [-0.2, -0.15) is 0 Å². The minimum Gasteiger partial charge on any atom is -0.492 e. The zero-order chi connectivity index (χ0) is 15.2. The van der Waals surface area contributed by atoms with E-state index in [2.05, 4.69) is 5.32 Å². The molecule has 5 heteroatoms. The van der Waals surface area contributed by atoms with Crippen molar-refractivity contribution in [2.24, 2.45) is 0 Å². The number of carbonyl (C=O) groups is 1. The van der Waals surface area contributed by atoms with Crippen LogP contribution >= 0.6 is 11.6 Å². The van der Waals surface area contributed by atoms with Crippen LogP contribution in [0.2, 0.25) is 5.02 Å². The van der Waals surface area contributed by atoms with Crippen LogP contribution in [0.25, 0.3) is 0 Å². The Morgan fingerprint density at radius 2 is 2.10 bits per heavy atom. The fraction of sp³-hybridized carbons (Fsp3) is 0.188. The summed E-state index contributed by atoms with van der Waals surface area (Å²) >= 11 is 5.96. The Morgan fingerprint density at radius 1 is 1.29 bits per heavy atom. The van der Waals surface area contributed by atoms with E-state index in [0.29, 0.717) is 28.8 Å². The molecule has 110 valence electrons. The lowest BCUT2D eigenvalue weighted by Gasteiger charge is -2.12. The van der Waals surface area contributed by atoms with Gasteiger partial charge in [-0.15, -0.1) is 0 Å². The van der Waals surface area contributed by atoms with E-state index in [1.807, 2.05) is 19.1 Å². The summed E-state index contributed by atoms with van der Waals surface area (Å²) in [6.45, 7) is 2.40. The van der Waals surface area contributed by atoms with Gasteiger partial charge in [0.2, 0.25) is 5.91 Å². The van der Waals surface area contributed by atoms with E-state index >= 15 is 0 Å². The maximum atomic E-state index is 12.1. The summed E-state index contributed by atoms with van der Waals surface area (Å²) in [7, 11) is 0. The van der Waals surface area contributed by atoms with E-state index in [1.165, 1.54) is 0 Å². The first-order valence-electron chi connectivity index (χ1n) is 6.65. The highest BCUT2D eigenvalue weighted by molar-refractivity contribution is 6.31. The molecule has 2 rings (SSSR count). The van der Waals surface area contributed by atoms with Gasteiger partial charge in [-0.1, -0.05) is 23.7 Å². The van der Waals surface area contributed by atoms with Gasteiger partial charge in [0.05, 0.1) is 18.7 Å². The molecule has 0 fully saturated rings. The third-order valence-electron chi connectivity index (χ3n) is 2.83. The van der Waals surface area contributed by atoms with Gasteiger partial charge in [-0.05, 0) is 42.8 Å². The number of anilines is 2. The third-order valence-corrected chi connectivity index (χ3v) is 3.07. The number of halogens is 1. The average molecular weight is 305 g/mol. The molecule has 0 aliphatic heterocycles. The van der Waals surface area contributed by atoms with Crippen molar-refractivity contribution in [1.82, 2.24) is 0 Å². The van der Waals surface area contributed by atoms with Crippen LogP contribution in [0.4, 0.5) is 11.4 Å². The lowest BCUT2D eigenvalue weighted by atomic mass is 10.1. The highest BCUT2D eigenvalue weighted by Crippen LogP contribution is 2.28. The summed E-state index contributed by atoms with van der Waals surface area (Å²) < 4.78 is 5.47. The van der Waals surface area contributed by atoms with Crippen molar-refractivity contribution in [2.75, 3.05) is 17.7 Å². The number of carbonyl (C=O) groups excluding carboxylic acids is 1. The summed E-state index contributed by atoms with van der Waals surface area (Å²) in [5, 5.41) is 3.35. The summed E-state index contributed by atoms with van der Waals surface area (Å²) in [5.41, 5.74) is 7.76. The number of hydrogen-bond acceptors (Lipinski definition) is 3. The van der Waals surface area contributed by atoms with Crippen LogP contribution in [0.3, 0.4) is 0 Å². The van der Waals surface area contributed by atoms with Gasteiger partial charge in [0.15, 0.2) is 0 Å². The highest BCUT2D eigenvalue weighted by Gasteiger charge is 2.09. The predicted octanol–water partition coefficient (Wildman–Crippen LogP) is 3.50. The molecule has 0 radical (unpaired) electrons. The quantitative estimate of drug-likeness (QED) is 0.831. The van der Waals surface area contributed by atoms with Crippen LogP contribution in [-0.2, 0) is 11.2 Å². The van der Waals surface area contributed by atoms with Crippen LogP contribution in [-0.4, -0.2) is 12.5 Å². The molecule has 0 aliphatic rings. The molecule has 3 N–H and O–H groups in total. The number of rotatable bonds is 5. The molecule has 2 aromatic rings. The summed E-state index contributed by atoms with van der Waals surface area (Å²) in [5.74, 6) is 0.451. The van der Waals surface area contributed by atoms with Crippen LogP contribution in [0, 0.1) is 0 Å². The zero-order valence-electron chi connectivity index (χ0n) is 11.7. The average Bonchev–Trinajstić information content (AvgIpc) is 2.42. The molecule has 0 heterocycles. The lowest BCUT2D eigenvalue weighted by Crippen LogP contribution is -2.15. The van der Waals surface area contributed by atoms with Crippen molar-refractivity contribution in [1.29, 1.82) is 0 Å². The molecule has 0 bridgehead atoms. The molecule has 1 amide bonds. The monoisotopic (exact) mass is 304 g/mol. The second kappa shape index (κ2) is 6.99. The second-order valence-electron chi connectivity index (χ2n) is 4.54. The van der Waals surface area contributed by atoms with E-state index < -0.39 is 0 Å². The molecule has 21 heavy (non-hydrogen) atoms. The Morgan fingerprint density at radius 3 is 2.81 bits per heavy atom. The predicted molar refractivity (Wildman–Crippen MR) is 85.8 cm³/mol. The Kier molecular flexibility index (Phi) is 5.06. The lowest BCUT2D eigenvalue weighted by molar-refractivity contribution is -0.115. The van der Waals surface area contributed by atoms with E-state index in [1.54, 1.807) is 30.3 Å². The number of amides is 1. The molecular formula is C16H17ClN2O2. The molecular weight excluding hydrogens is 288 g/mol. The SMILES string of the molecule is CCOc1ccc(Cl)cc1NC(=O)Cc1cccc(N)c1. The van der Waals surface area contributed by atoms with Crippen molar-refractivity contribution < 1.29 is 9.53 Å². The van der Waals surface area contributed by atoms with Crippen LogP contribution in [0.15, 0.2) is 42.5 Å².